The van der Waals surface area contributed by atoms with E-state index >= 15 is 0 Å². The predicted molar refractivity (Wildman–Crippen MR) is 72.5 cm³/mol. The van der Waals surface area contributed by atoms with E-state index in [2.05, 4.69) is 30.2 Å². The molecule has 0 amide bonds. The number of rotatable bonds is 3. The molecule has 0 spiro atoms. The number of aromatic nitrogens is 1. The summed E-state index contributed by atoms with van der Waals surface area (Å²) in [6.45, 7) is 4.34. The molecule has 3 heteroatoms. The third kappa shape index (κ3) is 2.56. The monoisotopic (exact) mass is 227 g/mol. The Labute approximate surface area is 102 Å². The third-order valence-corrected chi connectivity index (χ3v) is 2.67. The Hall–Kier alpha value is -2.03. The lowest BCUT2D eigenvalue weighted by atomic mass is 10.0. The Balaban J connectivity index is 2.34. The van der Waals surface area contributed by atoms with Gasteiger partial charge < -0.3 is 11.1 Å². The van der Waals surface area contributed by atoms with E-state index in [1.54, 1.807) is 6.20 Å². The van der Waals surface area contributed by atoms with Crippen molar-refractivity contribution in [2.45, 2.75) is 19.8 Å². The molecule has 0 fully saturated rings. The number of nitrogens with zero attached hydrogens (tertiary/aromatic N) is 1. The first-order valence-electron chi connectivity index (χ1n) is 5.75. The molecular formula is C14H17N3. The Morgan fingerprint density at radius 2 is 1.88 bits per heavy atom. The van der Waals surface area contributed by atoms with Gasteiger partial charge >= 0.3 is 0 Å². The maximum Gasteiger partial charge on any atom is 0.153 e. The second-order valence-electron chi connectivity index (χ2n) is 4.31. The highest BCUT2D eigenvalue weighted by Gasteiger charge is 2.07. The summed E-state index contributed by atoms with van der Waals surface area (Å²) in [7, 11) is 0. The molecule has 0 saturated carbocycles. The van der Waals surface area contributed by atoms with Crippen molar-refractivity contribution in [1.82, 2.24) is 4.98 Å². The molecule has 3 N–H and O–H groups in total. The molecular weight excluding hydrogens is 210 g/mol. The SMILES string of the molecule is CC(C)c1ccccc1Nc1ncccc1N. The minimum absolute atomic E-state index is 0.462. The number of nitrogen functional groups attached to an aromatic ring is 1. The fourth-order valence-corrected chi connectivity index (χ4v) is 1.76. The molecule has 0 aliphatic heterocycles. The van der Waals surface area contributed by atoms with E-state index in [9.17, 15) is 0 Å². The van der Waals surface area contributed by atoms with Crippen LogP contribution in [0.15, 0.2) is 42.6 Å². The van der Waals surface area contributed by atoms with Gasteiger partial charge in [0, 0.05) is 11.9 Å². The van der Waals surface area contributed by atoms with Crippen molar-refractivity contribution in [3.8, 4) is 0 Å². The normalized spacial score (nSPS) is 10.5. The lowest BCUT2D eigenvalue weighted by Crippen LogP contribution is -2.01. The van der Waals surface area contributed by atoms with Gasteiger partial charge in [-0.2, -0.15) is 0 Å². The van der Waals surface area contributed by atoms with Gasteiger partial charge in [-0.25, -0.2) is 4.98 Å². The van der Waals surface area contributed by atoms with Gasteiger partial charge in [-0.15, -0.1) is 0 Å². The molecule has 0 aliphatic rings. The molecule has 2 rings (SSSR count). The summed E-state index contributed by atoms with van der Waals surface area (Å²) in [5.74, 6) is 1.17. The first-order chi connectivity index (χ1) is 8.18. The molecule has 88 valence electrons. The summed E-state index contributed by atoms with van der Waals surface area (Å²) in [4.78, 5) is 4.24. The maximum absolute atomic E-state index is 5.87. The Kier molecular flexibility index (Phi) is 3.28. The van der Waals surface area contributed by atoms with E-state index in [0.29, 0.717) is 17.4 Å². The highest BCUT2D eigenvalue weighted by Crippen LogP contribution is 2.27. The van der Waals surface area contributed by atoms with Crippen LogP contribution in [0.3, 0.4) is 0 Å². The number of anilines is 3. The molecule has 1 aromatic heterocycles. The maximum atomic E-state index is 5.87. The zero-order valence-electron chi connectivity index (χ0n) is 10.1. The first-order valence-corrected chi connectivity index (χ1v) is 5.75. The summed E-state index contributed by atoms with van der Waals surface area (Å²) in [5.41, 5.74) is 8.85. The van der Waals surface area contributed by atoms with E-state index in [-0.39, 0.29) is 0 Å². The fraction of sp³-hybridized carbons (Fsp3) is 0.214. The Bertz CT molecular complexity index is 506. The molecule has 0 radical (unpaired) electrons. The van der Waals surface area contributed by atoms with Crippen LogP contribution in [0.1, 0.15) is 25.3 Å². The van der Waals surface area contributed by atoms with E-state index in [1.165, 1.54) is 5.56 Å². The van der Waals surface area contributed by atoms with Gasteiger partial charge in [0.25, 0.3) is 0 Å². The number of hydrogen-bond donors (Lipinski definition) is 2. The van der Waals surface area contributed by atoms with Crippen molar-refractivity contribution in [3.05, 3.63) is 48.2 Å². The number of nitrogens with one attached hydrogen (secondary N) is 1. The van der Waals surface area contributed by atoms with Crippen LogP contribution in [0, 0.1) is 0 Å². The van der Waals surface area contributed by atoms with Gasteiger partial charge in [0.15, 0.2) is 5.82 Å². The van der Waals surface area contributed by atoms with Crippen LogP contribution in [0.4, 0.5) is 17.2 Å². The average Bonchev–Trinajstić information content (AvgIpc) is 2.32. The van der Waals surface area contributed by atoms with Crippen LogP contribution in [0.5, 0.6) is 0 Å². The number of hydrogen-bond acceptors (Lipinski definition) is 3. The number of benzene rings is 1. The molecule has 1 heterocycles. The summed E-state index contributed by atoms with van der Waals surface area (Å²) in [6.07, 6.45) is 1.73. The van der Waals surface area contributed by atoms with E-state index in [0.717, 1.165) is 5.69 Å². The Morgan fingerprint density at radius 3 is 2.59 bits per heavy atom. The summed E-state index contributed by atoms with van der Waals surface area (Å²) in [5, 5.41) is 3.29. The van der Waals surface area contributed by atoms with Crippen LogP contribution in [0.2, 0.25) is 0 Å². The first kappa shape index (κ1) is 11.5. The lowest BCUT2D eigenvalue weighted by molar-refractivity contribution is 0.869. The standard InChI is InChI=1S/C14H17N3/c1-10(2)11-6-3-4-8-13(11)17-14-12(15)7-5-9-16-14/h3-10H,15H2,1-2H3,(H,16,17). The van der Waals surface area contributed by atoms with Gasteiger partial charge in [0.2, 0.25) is 0 Å². The largest absolute Gasteiger partial charge is 0.396 e. The fourth-order valence-electron chi connectivity index (χ4n) is 1.76. The van der Waals surface area contributed by atoms with Gasteiger partial charge in [-0.1, -0.05) is 32.0 Å². The molecule has 17 heavy (non-hydrogen) atoms. The highest BCUT2D eigenvalue weighted by atomic mass is 15.0. The molecule has 2 aromatic rings. The molecule has 3 nitrogen and oxygen atoms in total. The second kappa shape index (κ2) is 4.87. The minimum atomic E-state index is 0.462. The molecule has 1 aromatic carbocycles. The zero-order chi connectivity index (χ0) is 12.3. The third-order valence-electron chi connectivity index (χ3n) is 2.67. The topological polar surface area (TPSA) is 50.9 Å². The summed E-state index contributed by atoms with van der Waals surface area (Å²) < 4.78 is 0. The number of para-hydroxylation sites is 1. The van der Waals surface area contributed by atoms with Crippen molar-refractivity contribution in [2.75, 3.05) is 11.1 Å². The van der Waals surface area contributed by atoms with E-state index in [1.807, 2.05) is 30.3 Å². The smallest absolute Gasteiger partial charge is 0.153 e. The van der Waals surface area contributed by atoms with Crippen molar-refractivity contribution in [3.63, 3.8) is 0 Å². The van der Waals surface area contributed by atoms with Crippen LogP contribution in [0.25, 0.3) is 0 Å². The van der Waals surface area contributed by atoms with Crippen LogP contribution >= 0.6 is 0 Å². The molecule has 0 atom stereocenters. The summed E-state index contributed by atoms with van der Waals surface area (Å²) >= 11 is 0. The molecule has 0 unspecified atom stereocenters. The van der Waals surface area contributed by atoms with Crippen molar-refractivity contribution < 1.29 is 0 Å². The molecule has 0 aliphatic carbocycles. The predicted octanol–water partition coefficient (Wildman–Crippen LogP) is 3.53. The van der Waals surface area contributed by atoms with Crippen LogP contribution in [-0.4, -0.2) is 4.98 Å². The van der Waals surface area contributed by atoms with Gasteiger partial charge in [-0.05, 0) is 29.7 Å². The van der Waals surface area contributed by atoms with Gasteiger partial charge in [0.1, 0.15) is 0 Å². The second-order valence-corrected chi connectivity index (χ2v) is 4.31. The van der Waals surface area contributed by atoms with E-state index < -0.39 is 0 Å². The van der Waals surface area contributed by atoms with Crippen LogP contribution < -0.4 is 11.1 Å². The van der Waals surface area contributed by atoms with Crippen molar-refractivity contribution in [2.24, 2.45) is 0 Å². The molecule has 0 saturated heterocycles. The number of pyridine rings is 1. The lowest BCUT2D eigenvalue weighted by Gasteiger charge is -2.14. The quantitative estimate of drug-likeness (QED) is 0.843. The molecule has 0 bridgehead atoms. The summed E-state index contributed by atoms with van der Waals surface area (Å²) in [6, 6.07) is 11.9. The minimum Gasteiger partial charge on any atom is -0.396 e. The highest BCUT2D eigenvalue weighted by molar-refractivity contribution is 5.70. The van der Waals surface area contributed by atoms with Crippen molar-refractivity contribution >= 4 is 17.2 Å². The Morgan fingerprint density at radius 1 is 1.12 bits per heavy atom. The average molecular weight is 227 g/mol. The van der Waals surface area contributed by atoms with Crippen molar-refractivity contribution in [1.29, 1.82) is 0 Å². The van der Waals surface area contributed by atoms with Gasteiger partial charge in [-0.3, -0.25) is 0 Å². The van der Waals surface area contributed by atoms with E-state index in [4.69, 9.17) is 5.73 Å². The zero-order valence-corrected chi connectivity index (χ0v) is 10.1. The van der Waals surface area contributed by atoms with Crippen LogP contribution in [-0.2, 0) is 0 Å². The van der Waals surface area contributed by atoms with Gasteiger partial charge in [0.05, 0.1) is 5.69 Å². The number of nitrogens with two attached hydrogens (primary N) is 1.